The topological polar surface area (TPSA) is 46.6 Å². The lowest BCUT2D eigenvalue weighted by molar-refractivity contribution is -0.159. The number of ether oxygens (including phenoxy) is 1. The normalized spacial score (nSPS) is 11.6. The van der Waals surface area contributed by atoms with Gasteiger partial charge in [0.2, 0.25) is 6.10 Å². The molecule has 0 aliphatic rings. The van der Waals surface area contributed by atoms with Gasteiger partial charge >= 0.3 is 5.97 Å². The second-order valence-electron chi connectivity index (χ2n) is 5.32. The van der Waals surface area contributed by atoms with Crippen molar-refractivity contribution in [2.75, 3.05) is 14.1 Å². The van der Waals surface area contributed by atoms with E-state index in [1.54, 1.807) is 26.2 Å². The van der Waals surface area contributed by atoms with Crippen molar-refractivity contribution in [3.63, 3.8) is 0 Å². The Morgan fingerprint density at radius 1 is 1.04 bits per heavy atom. The Kier molecular flexibility index (Phi) is 5.93. The zero-order valence-corrected chi connectivity index (χ0v) is 14.6. The minimum absolute atomic E-state index is 0.122. The molecule has 0 aromatic heterocycles. The number of halogens is 1. The van der Waals surface area contributed by atoms with Crippen LogP contribution in [0.4, 0.5) is 0 Å². The van der Waals surface area contributed by atoms with E-state index in [9.17, 15) is 9.59 Å². The van der Waals surface area contributed by atoms with Gasteiger partial charge in [0.15, 0.2) is 0 Å². The van der Waals surface area contributed by atoms with E-state index in [1.807, 2.05) is 42.5 Å². The van der Waals surface area contributed by atoms with Crippen LogP contribution in [0.1, 0.15) is 17.2 Å². The highest BCUT2D eigenvalue weighted by Crippen LogP contribution is 2.20. The predicted molar refractivity (Wildman–Crippen MR) is 91.8 cm³/mol. The molecule has 0 spiro atoms. The molecule has 2 aromatic carbocycles. The molecule has 0 N–H and O–H groups in total. The smallest absolute Gasteiger partial charge is 0.311 e. The van der Waals surface area contributed by atoms with Crippen LogP contribution < -0.4 is 0 Å². The van der Waals surface area contributed by atoms with Crippen molar-refractivity contribution >= 4 is 27.8 Å². The summed E-state index contributed by atoms with van der Waals surface area (Å²) in [5, 5.41) is 0. The molecular weight excluding hydrogens is 358 g/mol. The van der Waals surface area contributed by atoms with Crippen molar-refractivity contribution in [3.8, 4) is 0 Å². The third kappa shape index (κ3) is 4.93. The summed E-state index contributed by atoms with van der Waals surface area (Å²) in [7, 11) is 3.28. The van der Waals surface area contributed by atoms with E-state index in [4.69, 9.17) is 4.74 Å². The number of carbonyl (C=O) groups excluding carboxylic acids is 2. The lowest BCUT2D eigenvalue weighted by Gasteiger charge is -2.21. The van der Waals surface area contributed by atoms with Crippen LogP contribution in [0.2, 0.25) is 0 Å². The third-order valence-electron chi connectivity index (χ3n) is 3.28. The Morgan fingerprint density at radius 2 is 1.65 bits per heavy atom. The first-order valence-electron chi connectivity index (χ1n) is 7.17. The average molecular weight is 376 g/mol. The summed E-state index contributed by atoms with van der Waals surface area (Å²) in [6.45, 7) is 0. The van der Waals surface area contributed by atoms with E-state index in [0.717, 1.165) is 10.0 Å². The molecule has 0 unspecified atom stereocenters. The van der Waals surface area contributed by atoms with Crippen LogP contribution >= 0.6 is 15.9 Å². The average Bonchev–Trinajstić information content (AvgIpc) is 2.55. The molecule has 0 heterocycles. The summed E-state index contributed by atoms with van der Waals surface area (Å²) < 4.78 is 6.40. The second-order valence-corrected chi connectivity index (χ2v) is 6.23. The fraction of sp³-hybridized carbons (Fsp3) is 0.222. The number of benzene rings is 2. The highest BCUT2D eigenvalue weighted by molar-refractivity contribution is 9.10. The molecule has 23 heavy (non-hydrogen) atoms. The van der Waals surface area contributed by atoms with Gasteiger partial charge in [0.05, 0.1) is 6.42 Å². The SMILES string of the molecule is CN(C)C(=O)[C@@H](OC(=O)Cc1ccc(Br)cc1)c1ccccc1. The van der Waals surface area contributed by atoms with Crippen LogP contribution in [0.5, 0.6) is 0 Å². The molecule has 0 bridgehead atoms. The summed E-state index contributed by atoms with van der Waals surface area (Å²) in [6, 6.07) is 16.4. The van der Waals surface area contributed by atoms with Gasteiger partial charge in [0.1, 0.15) is 0 Å². The Hall–Kier alpha value is -2.14. The zero-order valence-electron chi connectivity index (χ0n) is 13.0. The van der Waals surface area contributed by atoms with Gasteiger partial charge in [-0.1, -0.05) is 58.4 Å². The van der Waals surface area contributed by atoms with Crippen molar-refractivity contribution in [2.45, 2.75) is 12.5 Å². The van der Waals surface area contributed by atoms with Crippen molar-refractivity contribution in [1.82, 2.24) is 4.90 Å². The summed E-state index contributed by atoms with van der Waals surface area (Å²) in [4.78, 5) is 25.9. The molecule has 4 nitrogen and oxygen atoms in total. The minimum atomic E-state index is -0.922. The van der Waals surface area contributed by atoms with Crippen molar-refractivity contribution in [3.05, 3.63) is 70.2 Å². The van der Waals surface area contributed by atoms with Crippen LogP contribution in [0.15, 0.2) is 59.1 Å². The van der Waals surface area contributed by atoms with Gasteiger partial charge in [0, 0.05) is 24.1 Å². The van der Waals surface area contributed by atoms with Crippen molar-refractivity contribution in [1.29, 1.82) is 0 Å². The van der Waals surface area contributed by atoms with Gasteiger partial charge in [-0.2, -0.15) is 0 Å². The number of amides is 1. The Labute approximate surface area is 144 Å². The maximum absolute atomic E-state index is 12.3. The first kappa shape index (κ1) is 17.2. The summed E-state index contributed by atoms with van der Waals surface area (Å²) in [5.74, 6) is -0.697. The van der Waals surface area contributed by atoms with E-state index in [1.165, 1.54) is 4.90 Å². The fourth-order valence-corrected chi connectivity index (χ4v) is 2.33. The quantitative estimate of drug-likeness (QED) is 0.752. The molecular formula is C18H18BrNO3. The van der Waals surface area contributed by atoms with Gasteiger partial charge in [0.25, 0.3) is 5.91 Å². The Balaban J connectivity index is 2.12. The molecule has 5 heteroatoms. The monoisotopic (exact) mass is 375 g/mol. The molecule has 2 rings (SSSR count). The van der Waals surface area contributed by atoms with E-state index in [2.05, 4.69) is 15.9 Å². The zero-order chi connectivity index (χ0) is 16.8. The largest absolute Gasteiger partial charge is 0.447 e. The molecule has 2 aromatic rings. The Bertz CT molecular complexity index is 668. The lowest BCUT2D eigenvalue weighted by atomic mass is 10.1. The summed E-state index contributed by atoms with van der Waals surface area (Å²) in [6.07, 6.45) is -0.800. The number of rotatable bonds is 5. The number of nitrogens with zero attached hydrogens (tertiary/aromatic N) is 1. The predicted octanol–water partition coefficient (Wildman–Crippen LogP) is 3.36. The van der Waals surface area contributed by atoms with Gasteiger partial charge in [-0.15, -0.1) is 0 Å². The molecule has 0 fully saturated rings. The molecule has 0 saturated carbocycles. The van der Waals surface area contributed by atoms with Crippen LogP contribution in [0.3, 0.4) is 0 Å². The van der Waals surface area contributed by atoms with E-state index >= 15 is 0 Å². The van der Waals surface area contributed by atoms with E-state index < -0.39 is 12.1 Å². The number of hydrogen-bond acceptors (Lipinski definition) is 3. The summed E-state index contributed by atoms with van der Waals surface area (Å²) in [5.41, 5.74) is 1.50. The molecule has 0 aliphatic carbocycles. The molecule has 0 saturated heterocycles. The van der Waals surface area contributed by atoms with Gasteiger partial charge < -0.3 is 9.64 Å². The van der Waals surface area contributed by atoms with Crippen molar-refractivity contribution < 1.29 is 14.3 Å². The van der Waals surface area contributed by atoms with Gasteiger partial charge in [-0.05, 0) is 17.7 Å². The molecule has 0 radical (unpaired) electrons. The van der Waals surface area contributed by atoms with Gasteiger partial charge in [-0.25, -0.2) is 0 Å². The number of likely N-dealkylation sites (N-methyl/N-ethyl adjacent to an activating group) is 1. The summed E-state index contributed by atoms with van der Waals surface area (Å²) >= 11 is 3.35. The highest BCUT2D eigenvalue weighted by atomic mass is 79.9. The fourth-order valence-electron chi connectivity index (χ4n) is 2.07. The minimum Gasteiger partial charge on any atom is -0.447 e. The third-order valence-corrected chi connectivity index (χ3v) is 3.81. The molecule has 120 valence electrons. The molecule has 0 aliphatic heterocycles. The first-order chi connectivity index (χ1) is 11.0. The first-order valence-corrected chi connectivity index (χ1v) is 7.96. The number of esters is 1. The van der Waals surface area contributed by atoms with Crippen LogP contribution in [0, 0.1) is 0 Å². The standard InChI is InChI=1S/C18H18BrNO3/c1-20(2)18(22)17(14-6-4-3-5-7-14)23-16(21)12-13-8-10-15(19)11-9-13/h3-11,17H,12H2,1-2H3/t17-/m0/s1. The highest BCUT2D eigenvalue weighted by Gasteiger charge is 2.26. The van der Waals surface area contributed by atoms with E-state index in [-0.39, 0.29) is 12.3 Å². The van der Waals surface area contributed by atoms with Crippen LogP contribution in [0.25, 0.3) is 0 Å². The molecule has 1 amide bonds. The molecule has 1 atom stereocenters. The van der Waals surface area contributed by atoms with Crippen LogP contribution in [-0.4, -0.2) is 30.9 Å². The second kappa shape index (κ2) is 7.92. The van der Waals surface area contributed by atoms with Gasteiger partial charge in [-0.3, -0.25) is 9.59 Å². The maximum atomic E-state index is 12.3. The number of carbonyl (C=O) groups is 2. The van der Waals surface area contributed by atoms with Crippen molar-refractivity contribution in [2.24, 2.45) is 0 Å². The van der Waals surface area contributed by atoms with Crippen LogP contribution in [-0.2, 0) is 20.7 Å². The number of hydrogen-bond donors (Lipinski definition) is 0. The lowest BCUT2D eigenvalue weighted by Crippen LogP contribution is -2.31. The maximum Gasteiger partial charge on any atom is 0.311 e. The van der Waals surface area contributed by atoms with E-state index in [0.29, 0.717) is 5.56 Å². The Morgan fingerprint density at radius 3 is 2.22 bits per heavy atom.